The summed E-state index contributed by atoms with van der Waals surface area (Å²) in [4.78, 5) is 4.22. The topological polar surface area (TPSA) is 12.4 Å². The summed E-state index contributed by atoms with van der Waals surface area (Å²) < 4.78 is 1.21. The number of nitrogens with zero attached hydrogens (tertiary/aromatic N) is 1. The summed E-state index contributed by atoms with van der Waals surface area (Å²) in [5.41, 5.74) is 3.99. The van der Waals surface area contributed by atoms with Crippen molar-refractivity contribution < 1.29 is 0 Å². The van der Waals surface area contributed by atoms with Gasteiger partial charge in [0, 0.05) is 0 Å². The molecule has 1 nitrogen and oxygen atoms in total. The Balaban J connectivity index is 2.54. The van der Waals surface area contributed by atoms with E-state index in [0.29, 0.717) is 0 Å². The minimum absolute atomic E-state index is 0.857. The molecular formula is C9H9BBrN. The van der Waals surface area contributed by atoms with E-state index < -0.39 is 0 Å². The van der Waals surface area contributed by atoms with Crippen LogP contribution in [0.15, 0.2) is 21.5 Å². The molecule has 3 heteroatoms. The molecule has 0 saturated heterocycles. The van der Waals surface area contributed by atoms with Crippen molar-refractivity contribution in [3.63, 3.8) is 0 Å². The Bertz CT molecular complexity index is 346. The summed E-state index contributed by atoms with van der Waals surface area (Å²) in [6.45, 7) is 3.03. The summed E-state index contributed by atoms with van der Waals surface area (Å²) in [7, 11) is 1.94. The van der Waals surface area contributed by atoms with E-state index in [2.05, 4.69) is 39.9 Å². The van der Waals surface area contributed by atoms with Gasteiger partial charge in [0.1, 0.15) is 0 Å². The van der Waals surface area contributed by atoms with Crippen molar-refractivity contribution in [1.29, 1.82) is 0 Å². The molecule has 12 heavy (non-hydrogen) atoms. The molecular weight excluding hydrogens is 213 g/mol. The molecule has 1 aliphatic rings. The number of halogens is 1. The normalized spacial score (nSPS) is 12.8. The van der Waals surface area contributed by atoms with Gasteiger partial charge in [0.25, 0.3) is 0 Å². The Hall–Kier alpha value is -0.435. The summed E-state index contributed by atoms with van der Waals surface area (Å²) in [5, 5.41) is 0. The number of fused-ring (bicyclic) bond motifs is 1. The molecule has 1 aromatic rings. The maximum absolute atomic E-state index is 4.22. The standard InChI is InChI=1S/C9H9BBrN/c1-2-6-3-7-5-12-10-8(7)4-9(6)11/h3-4H,2,5H2,1H3. The van der Waals surface area contributed by atoms with Gasteiger partial charge in [0.15, 0.2) is 0 Å². The molecule has 0 amide bonds. The van der Waals surface area contributed by atoms with Gasteiger partial charge in [-0.1, -0.05) is 0 Å². The van der Waals surface area contributed by atoms with Gasteiger partial charge in [-0.2, -0.15) is 0 Å². The summed E-state index contributed by atoms with van der Waals surface area (Å²) >= 11 is 3.55. The van der Waals surface area contributed by atoms with Crippen molar-refractivity contribution >= 4 is 28.5 Å². The quantitative estimate of drug-likeness (QED) is 0.644. The molecule has 2 rings (SSSR count). The average molecular weight is 222 g/mol. The van der Waals surface area contributed by atoms with Crippen LogP contribution in [0.5, 0.6) is 0 Å². The number of hydrogen-bond acceptors (Lipinski definition) is 1. The van der Waals surface area contributed by atoms with Gasteiger partial charge in [0.05, 0.1) is 0 Å². The van der Waals surface area contributed by atoms with E-state index in [0.717, 1.165) is 13.0 Å². The van der Waals surface area contributed by atoms with Crippen molar-refractivity contribution in [2.24, 2.45) is 4.90 Å². The first-order chi connectivity index (χ1) is 5.81. The van der Waals surface area contributed by atoms with E-state index in [1.54, 1.807) is 0 Å². The summed E-state index contributed by atoms with van der Waals surface area (Å²) in [5.74, 6) is 0. The van der Waals surface area contributed by atoms with Crippen molar-refractivity contribution in [1.82, 2.24) is 0 Å². The zero-order valence-electron chi connectivity index (χ0n) is 6.97. The van der Waals surface area contributed by atoms with E-state index in [-0.39, 0.29) is 0 Å². The Morgan fingerprint density at radius 3 is 3.17 bits per heavy atom. The number of hydrogen-bond donors (Lipinski definition) is 0. The molecule has 0 radical (unpaired) electrons. The van der Waals surface area contributed by atoms with E-state index in [4.69, 9.17) is 0 Å². The van der Waals surface area contributed by atoms with Gasteiger partial charge >= 0.3 is 81.0 Å². The van der Waals surface area contributed by atoms with Crippen LogP contribution >= 0.6 is 15.9 Å². The van der Waals surface area contributed by atoms with Gasteiger partial charge in [0.2, 0.25) is 0 Å². The molecule has 0 aliphatic carbocycles. The second-order valence-corrected chi connectivity index (χ2v) is 3.82. The molecule has 0 unspecified atom stereocenters. The van der Waals surface area contributed by atoms with Crippen LogP contribution in [0.4, 0.5) is 0 Å². The van der Waals surface area contributed by atoms with Gasteiger partial charge in [-0.25, -0.2) is 0 Å². The fourth-order valence-electron chi connectivity index (χ4n) is 1.45. The maximum atomic E-state index is 4.22. The van der Waals surface area contributed by atoms with Crippen LogP contribution in [-0.2, 0) is 13.0 Å². The molecule has 60 valence electrons. The Morgan fingerprint density at radius 1 is 1.58 bits per heavy atom. The molecule has 0 spiro atoms. The third kappa shape index (κ3) is 1.26. The molecule has 1 heterocycles. The fraction of sp³-hybridized carbons (Fsp3) is 0.333. The zero-order valence-corrected chi connectivity index (χ0v) is 8.56. The van der Waals surface area contributed by atoms with Gasteiger partial charge in [-0.3, -0.25) is 0 Å². The average Bonchev–Trinajstić information content (AvgIpc) is 2.49. The van der Waals surface area contributed by atoms with Crippen molar-refractivity contribution in [2.45, 2.75) is 19.9 Å². The first kappa shape index (κ1) is 8.18. The molecule has 1 aliphatic heterocycles. The molecule has 0 atom stereocenters. The van der Waals surface area contributed by atoms with E-state index in [9.17, 15) is 0 Å². The predicted octanol–water partition coefficient (Wildman–Crippen LogP) is 2.04. The van der Waals surface area contributed by atoms with E-state index in [1.807, 2.05) is 7.07 Å². The Morgan fingerprint density at radius 2 is 2.42 bits per heavy atom. The predicted molar refractivity (Wildman–Crippen MR) is 55.0 cm³/mol. The minimum atomic E-state index is 0.857. The van der Waals surface area contributed by atoms with Crippen LogP contribution in [0, 0.1) is 0 Å². The Labute approximate surface area is 81.3 Å². The SMILES string of the molecule is CCc1cc2c(cc1Br)B=NC2. The van der Waals surface area contributed by atoms with Crippen LogP contribution in [0.25, 0.3) is 0 Å². The number of aryl methyl sites for hydroxylation is 1. The molecule has 0 aromatic heterocycles. The van der Waals surface area contributed by atoms with E-state index >= 15 is 0 Å². The number of benzene rings is 1. The van der Waals surface area contributed by atoms with Crippen LogP contribution in [0.3, 0.4) is 0 Å². The van der Waals surface area contributed by atoms with E-state index in [1.165, 1.54) is 21.1 Å². The molecule has 1 aromatic carbocycles. The van der Waals surface area contributed by atoms with Crippen molar-refractivity contribution in [3.05, 3.63) is 27.7 Å². The second-order valence-electron chi connectivity index (χ2n) is 2.97. The number of rotatable bonds is 1. The summed E-state index contributed by atoms with van der Waals surface area (Å²) in [6, 6.07) is 4.40. The first-order valence-corrected chi connectivity index (χ1v) is 4.91. The van der Waals surface area contributed by atoms with Crippen LogP contribution in [0.1, 0.15) is 18.1 Å². The summed E-state index contributed by atoms with van der Waals surface area (Å²) in [6.07, 6.45) is 1.08. The van der Waals surface area contributed by atoms with Gasteiger partial charge < -0.3 is 0 Å². The first-order valence-electron chi connectivity index (χ1n) is 4.12. The van der Waals surface area contributed by atoms with Crippen molar-refractivity contribution in [3.8, 4) is 0 Å². The fourth-order valence-corrected chi connectivity index (χ4v) is 2.10. The third-order valence-corrected chi connectivity index (χ3v) is 2.92. The molecule has 0 fully saturated rings. The van der Waals surface area contributed by atoms with Crippen LogP contribution in [0.2, 0.25) is 0 Å². The molecule has 0 saturated carbocycles. The Kier molecular flexibility index (Phi) is 2.13. The monoisotopic (exact) mass is 221 g/mol. The van der Waals surface area contributed by atoms with Gasteiger partial charge in [-0.15, -0.1) is 0 Å². The van der Waals surface area contributed by atoms with Crippen molar-refractivity contribution in [2.75, 3.05) is 0 Å². The van der Waals surface area contributed by atoms with Crippen LogP contribution < -0.4 is 5.46 Å². The van der Waals surface area contributed by atoms with Crippen LogP contribution in [-0.4, -0.2) is 7.07 Å². The van der Waals surface area contributed by atoms with Gasteiger partial charge in [-0.05, 0) is 0 Å². The third-order valence-electron chi connectivity index (χ3n) is 2.18. The molecule has 0 bridgehead atoms. The molecule has 0 N–H and O–H groups in total. The zero-order chi connectivity index (χ0) is 8.55. The second kappa shape index (κ2) is 3.13.